The molecule has 0 saturated heterocycles. The van der Waals surface area contributed by atoms with Crippen molar-refractivity contribution in [2.45, 2.75) is 36.0 Å². The number of hydrogen-bond donors (Lipinski definition) is 0. The molecule has 3 aromatic rings. The number of hydrogen-bond acceptors (Lipinski definition) is 2. The molecule has 1 heterocycles. The van der Waals surface area contributed by atoms with Crippen molar-refractivity contribution in [1.82, 2.24) is 4.98 Å². The number of rotatable bonds is 2. The quantitative estimate of drug-likeness (QED) is 0.602. The van der Waals surface area contributed by atoms with E-state index in [9.17, 15) is 0 Å². The van der Waals surface area contributed by atoms with Gasteiger partial charge in [-0.3, -0.25) is 4.98 Å². The molecule has 106 valence electrons. The normalized spacial score (nSPS) is 11.8. The first-order valence-corrected chi connectivity index (χ1v) is 7.97. The summed E-state index contributed by atoms with van der Waals surface area (Å²) in [5.74, 6) is 0. The highest BCUT2D eigenvalue weighted by molar-refractivity contribution is 7.99. The Balaban J connectivity index is 1.92. The van der Waals surface area contributed by atoms with Crippen LogP contribution in [0.2, 0.25) is 0 Å². The van der Waals surface area contributed by atoms with E-state index in [2.05, 4.69) is 74.3 Å². The Hall–Kier alpha value is -1.80. The van der Waals surface area contributed by atoms with Crippen LogP contribution in [-0.4, -0.2) is 4.98 Å². The summed E-state index contributed by atoms with van der Waals surface area (Å²) in [5.41, 5.74) is 1.57. The molecule has 1 aromatic heterocycles. The van der Waals surface area contributed by atoms with Crippen molar-refractivity contribution in [1.29, 1.82) is 0 Å². The molecule has 0 fully saturated rings. The van der Waals surface area contributed by atoms with Crippen LogP contribution in [0.5, 0.6) is 0 Å². The highest BCUT2D eigenvalue weighted by atomic mass is 32.2. The summed E-state index contributed by atoms with van der Waals surface area (Å²) < 4.78 is 0. The van der Waals surface area contributed by atoms with Gasteiger partial charge in [0.15, 0.2) is 0 Å². The van der Waals surface area contributed by atoms with Crippen LogP contribution in [0.25, 0.3) is 10.8 Å². The molecule has 0 N–H and O–H groups in total. The highest BCUT2D eigenvalue weighted by Gasteiger charge is 2.13. The number of pyridine rings is 1. The van der Waals surface area contributed by atoms with Crippen LogP contribution in [0.15, 0.2) is 70.7 Å². The van der Waals surface area contributed by atoms with E-state index in [0.717, 1.165) is 0 Å². The summed E-state index contributed by atoms with van der Waals surface area (Å²) in [5, 5.41) is 2.45. The summed E-state index contributed by atoms with van der Waals surface area (Å²) in [4.78, 5) is 6.74. The number of fused-ring (bicyclic) bond motifs is 1. The molecule has 0 amide bonds. The third kappa shape index (κ3) is 3.11. The molecule has 3 rings (SSSR count). The second kappa shape index (κ2) is 5.53. The molecule has 0 spiro atoms. The van der Waals surface area contributed by atoms with Gasteiger partial charge in [0, 0.05) is 27.6 Å². The van der Waals surface area contributed by atoms with E-state index in [4.69, 9.17) is 0 Å². The topological polar surface area (TPSA) is 12.9 Å². The van der Waals surface area contributed by atoms with E-state index in [1.165, 1.54) is 26.1 Å². The molecule has 0 saturated carbocycles. The smallest absolute Gasteiger partial charge is 0.0346 e. The zero-order valence-electron chi connectivity index (χ0n) is 12.6. The van der Waals surface area contributed by atoms with Crippen molar-refractivity contribution in [2.24, 2.45) is 0 Å². The SMILES string of the molecule is CC(C)(C)c1ccc(Sc2cccc3cnccc23)cc1. The lowest BCUT2D eigenvalue weighted by atomic mass is 9.87. The Morgan fingerprint density at radius 3 is 2.38 bits per heavy atom. The van der Waals surface area contributed by atoms with Gasteiger partial charge in [-0.25, -0.2) is 0 Å². The second-order valence-electron chi connectivity index (χ2n) is 6.23. The van der Waals surface area contributed by atoms with Crippen molar-refractivity contribution < 1.29 is 0 Å². The lowest BCUT2D eigenvalue weighted by molar-refractivity contribution is 0.590. The fourth-order valence-corrected chi connectivity index (χ4v) is 3.30. The lowest BCUT2D eigenvalue weighted by Crippen LogP contribution is -2.10. The molecule has 21 heavy (non-hydrogen) atoms. The zero-order chi connectivity index (χ0) is 14.9. The van der Waals surface area contributed by atoms with Crippen LogP contribution in [0.3, 0.4) is 0 Å². The largest absolute Gasteiger partial charge is 0.264 e. The zero-order valence-corrected chi connectivity index (χ0v) is 13.4. The number of benzene rings is 2. The molecule has 2 aromatic carbocycles. The third-order valence-corrected chi connectivity index (χ3v) is 4.67. The van der Waals surface area contributed by atoms with Crippen molar-refractivity contribution >= 4 is 22.5 Å². The molecule has 0 aliphatic carbocycles. The van der Waals surface area contributed by atoms with E-state index in [-0.39, 0.29) is 5.41 Å². The summed E-state index contributed by atoms with van der Waals surface area (Å²) >= 11 is 1.81. The van der Waals surface area contributed by atoms with Gasteiger partial charge in [0.05, 0.1) is 0 Å². The number of nitrogens with zero attached hydrogens (tertiary/aromatic N) is 1. The Morgan fingerprint density at radius 1 is 0.905 bits per heavy atom. The molecule has 0 atom stereocenters. The fourth-order valence-electron chi connectivity index (χ4n) is 2.33. The predicted molar refractivity (Wildman–Crippen MR) is 91.0 cm³/mol. The second-order valence-corrected chi connectivity index (χ2v) is 7.34. The van der Waals surface area contributed by atoms with Gasteiger partial charge < -0.3 is 0 Å². The molecule has 0 radical (unpaired) electrons. The number of aromatic nitrogens is 1. The van der Waals surface area contributed by atoms with Crippen LogP contribution in [0.4, 0.5) is 0 Å². The van der Waals surface area contributed by atoms with E-state index < -0.39 is 0 Å². The van der Waals surface area contributed by atoms with Crippen LogP contribution >= 0.6 is 11.8 Å². The molecule has 0 unspecified atom stereocenters. The van der Waals surface area contributed by atoms with Crippen molar-refractivity contribution in [3.63, 3.8) is 0 Å². The first-order valence-electron chi connectivity index (χ1n) is 7.15. The van der Waals surface area contributed by atoms with Gasteiger partial charge in [-0.1, -0.05) is 56.8 Å². The Labute approximate surface area is 130 Å². The molecule has 0 aliphatic rings. The van der Waals surface area contributed by atoms with E-state index in [0.29, 0.717) is 0 Å². The Bertz CT molecular complexity index is 749. The molecule has 1 nitrogen and oxygen atoms in total. The van der Waals surface area contributed by atoms with Gasteiger partial charge in [0.2, 0.25) is 0 Å². The van der Waals surface area contributed by atoms with Gasteiger partial charge in [0.1, 0.15) is 0 Å². The van der Waals surface area contributed by atoms with Crippen LogP contribution < -0.4 is 0 Å². The molecule has 0 bridgehead atoms. The van der Waals surface area contributed by atoms with Gasteiger partial charge in [-0.05, 0) is 40.6 Å². The average molecular weight is 293 g/mol. The van der Waals surface area contributed by atoms with Crippen molar-refractivity contribution in [3.05, 3.63) is 66.5 Å². The summed E-state index contributed by atoms with van der Waals surface area (Å²) in [6, 6.07) is 17.3. The van der Waals surface area contributed by atoms with Gasteiger partial charge in [-0.15, -0.1) is 0 Å². The maximum absolute atomic E-state index is 4.19. The summed E-state index contributed by atoms with van der Waals surface area (Å²) in [6.07, 6.45) is 3.77. The minimum absolute atomic E-state index is 0.203. The Kier molecular flexibility index (Phi) is 3.73. The Morgan fingerprint density at radius 2 is 1.67 bits per heavy atom. The summed E-state index contributed by atoms with van der Waals surface area (Å²) in [6.45, 7) is 6.73. The summed E-state index contributed by atoms with van der Waals surface area (Å²) in [7, 11) is 0. The highest BCUT2D eigenvalue weighted by Crippen LogP contribution is 2.34. The minimum Gasteiger partial charge on any atom is -0.264 e. The standard InChI is InChI=1S/C19H19NS/c1-19(2,3)15-7-9-16(10-8-15)21-18-6-4-5-14-13-20-12-11-17(14)18/h4-13H,1-3H3. The van der Waals surface area contributed by atoms with Gasteiger partial charge >= 0.3 is 0 Å². The van der Waals surface area contributed by atoms with Crippen LogP contribution in [0, 0.1) is 0 Å². The lowest BCUT2D eigenvalue weighted by Gasteiger charge is -2.19. The van der Waals surface area contributed by atoms with Gasteiger partial charge in [0.25, 0.3) is 0 Å². The average Bonchev–Trinajstić information content (AvgIpc) is 2.47. The first kappa shape index (κ1) is 14.2. The fraction of sp³-hybridized carbons (Fsp3) is 0.211. The minimum atomic E-state index is 0.203. The van der Waals surface area contributed by atoms with E-state index >= 15 is 0 Å². The first-order chi connectivity index (χ1) is 10.0. The van der Waals surface area contributed by atoms with E-state index in [1.807, 2.05) is 24.2 Å². The third-order valence-electron chi connectivity index (χ3n) is 3.59. The maximum atomic E-state index is 4.19. The molecule has 0 aliphatic heterocycles. The predicted octanol–water partition coefficient (Wildman–Crippen LogP) is 5.68. The van der Waals surface area contributed by atoms with Crippen LogP contribution in [-0.2, 0) is 5.41 Å². The molecular formula is C19H19NS. The van der Waals surface area contributed by atoms with Crippen LogP contribution in [0.1, 0.15) is 26.3 Å². The molecule has 2 heteroatoms. The van der Waals surface area contributed by atoms with Crippen molar-refractivity contribution in [2.75, 3.05) is 0 Å². The van der Waals surface area contributed by atoms with Gasteiger partial charge in [-0.2, -0.15) is 0 Å². The van der Waals surface area contributed by atoms with E-state index in [1.54, 1.807) is 0 Å². The molecular weight excluding hydrogens is 274 g/mol. The monoisotopic (exact) mass is 293 g/mol. The van der Waals surface area contributed by atoms with Crippen molar-refractivity contribution in [3.8, 4) is 0 Å². The maximum Gasteiger partial charge on any atom is 0.0346 e.